The minimum absolute atomic E-state index is 0.0292. The highest BCUT2D eigenvalue weighted by Gasteiger charge is 2.30. The number of para-hydroxylation sites is 2. The number of nitrogens with zero attached hydrogens (tertiary/aromatic N) is 3. The van der Waals surface area contributed by atoms with Crippen LogP contribution < -0.4 is 10.2 Å². The van der Waals surface area contributed by atoms with E-state index in [4.69, 9.17) is 9.72 Å². The van der Waals surface area contributed by atoms with Gasteiger partial charge in [-0.3, -0.25) is 9.59 Å². The zero-order valence-electron chi connectivity index (χ0n) is 17.7. The first-order valence-corrected chi connectivity index (χ1v) is 11.4. The van der Waals surface area contributed by atoms with Crippen LogP contribution >= 0.6 is 11.8 Å². The Bertz CT molecular complexity index is 952. The highest BCUT2D eigenvalue weighted by atomic mass is 32.2. The molecule has 0 saturated carbocycles. The third kappa shape index (κ3) is 4.25. The third-order valence-corrected chi connectivity index (χ3v) is 6.75. The van der Waals surface area contributed by atoms with Gasteiger partial charge in [0.2, 0.25) is 11.8 Å². The van der Waals surface area contributed by atoms with E-state index < -0.39 is 0 Å². The molecule has 0 spiro atoms. The second kappa shape index (κ2) is 8.81. The molecule has 0 aliphatic carbocycles. The fourth-order valence-electron chi connectivity index (χ4n) is 4.10. The molecule has 1 saturated heterocycles. The van der Waals surface area contributed by atoms with Crippen LogP contribution in [0.25, 0.3) is 0 Å². The quantitative estimate of drug-likeness (QED) is 0.738. The number of benzene rings is 1. The van der Waals surface area contributed by atoms with E-state index in [0.717, 1.165) is 48.2 Å². The maximum atomic E-state index is 13.3. The maximum absolute atomic E-state index is 13.3. The molecule has 2 aliphatic rings. The van der Waals surface area contributed by atoms with Gasteiger partial charge in [0.1, 0.15) is 0 Å². The molecule has 1 aromatic carbocycles. The molecular weight excluding hydrogens is 400 g/mol. The van der Waals surface area contributed by atoms with Gasteiger partial charge in [0, 0.05) is 24.8 Å². The van der Waals surface area contributed by atoms with Gasteiger partial charge in [-0.25, -0.2) is 4.98 Å². The Hall–Kier alpha value is -2.32. The van der Waals surface area contributed by atoms with Gasteiger partial charge >= 0.3 is 0 Å². The summed E-state index contributed by atoms with van der Waals surface area (Å²) in [6.45, 7) is 7.56. The van der Waals surface area contributed by atoms with E-state index in [1.807, 2.05) is 38.1 Å². The summed E-state index contributed by atoms with van der Waals surface area (Å²) in [5.41, 5.74) is 3.52. The molecule has 2 aromatic rings. The number of fused-ring (bicyclic) bond motifs is 1. The summed E-state index contributed by atoms with van der Waals surface area (Å²) in [7, 11) is 0. The molecule has 0 radical (unpaired) electrons. The summed E-state index contributed by atoms with van der Waals surface area (Å²) in [6, 6.07) is 7.25. The first-order valence-electron chi connectivity index (χ1n) is 10.4. The first kappa shape index (κ1) is 20.9. The van der Waals surface area contributed by atoms with Crippen LogP contribution in [-0.2, 0) is 20.9 Å². The smallest absolute Gasteiger partial charge is 0.237 e. The van der Waals surface area contributed by atoms with Crippen molar-refractivity contribution in [2.75, 3.05) is 22.6 Å². The van der Waals surface area contributed by atoms with Crippen LogP contribution in [-0.4, -0.2) is 45.9 Å². The van der Waals surface area contributed by atoms with E-state index in [2.05, 4.69) is 16.8 Å². The van der Waals surface area contributed by atoms with Crippen molar-refractivity contribution in [2.24, 2.45) is 0 Å². The Morgan fingerprint density at radius 2 is 2.13 bits per heavy atom. The average Bonchev–Trinajstić information content (AvgIpc) is 3.28. The SMILES string of the molecule is Cc1nc(SCC(=O)N2c3ccccc3NC(=O)C[C@H]2C)n(C[C@@H]2CCCO2)c1C. The van der Waals surface area contributed by atoms with Crippen molar-refractivity contribution in [2.45, 2.75) is 63.9 Å². The number of imidazole rings is 1. The van der Waals surface area contributed by atoms with Gasteiger partial charge < -0.3 is 19.5 Å². The van der Waals surface area contributed by atoms with Gasteiger partial charge in [0.25, 0.3) is 0 Å². The number of carbonyl (C=O) groups excluding carboxylic acids is 2. The maximum Gasteiger partial charge on any atom is 0.237 e. The molecule has 3 heterocycles. The van der Waals surface area contributed by atoms with Gasteiger partial charge in [0.15, 0.2) is 5.16 Å². The Balaban J connectivity index is 1.52. The lowest BCUT2D eigenvalue weighted by Crippen LogP contribution is -2.40. The van der Waals surface area contributed by atoms with Crippen LogP contribution in [0.1, 0.15) is 37.6 Å². The molecule has 2 atom stereocenters. The molecule has 7 nitrogen and oxygen atoms in total. The fraction of sp³-hybridized carbons (Fsp3) is 0.500. The number of hydrogen-bond acceptors (Lipinski definition) is 5. The van der Waals surface area contributed by atoms with E-state index in [1.165, 1.54) is 11.8 Å². The monoisotopic (exact) mass is 428 g/mol. The standard InChI is InChI=1S/C22H28N4O3S/c1-14-11-20(27)24-18-8-4-5-9-19(18)26(14)21(28)13-30-22-23-15(2)16(3)25(22)12-17-7-6-10-29-17/h4-5,8-9,14,17H,6-7,10-13H2,1-3H3,(H,24,27)/t14-,17+/m1/s1. The molecule has 30 heavy (non-hydrogen) atoms. The number of ether oxygens (including phenoxy) is 1. The number of nitrogens with one attached hydrogen (secondary N) is 1. The topological polar surface area (TPSA) is 76.5 Å². The molecular formula is C22H28N4O3S. The Morgan fingerprint density at radius 3 is 2.90 bits per heavy atom. The van der Waals surface area contributed by atoms with E-state index in [9.17, 15) is 9.59 Å². The van der Waals surface area contributed by atoms with Gasteiger partial charge in [-0.2, -0.15) is 0 Å². The van der Waals surface area contributed by atoms with Gasteiger partial charge in [-0.1, -0.05) is 23.9 Å². The van der Waals surface area contributed by atoms with Crippen LogP contribution in [0.5, 0.6) is 0 Å². The Kier molecular flexibility index (Phi) is 6.15. The highest BCUT2D eigenvalue weighted by molar-refractivity contribution is 7.99. The number of thioether (sulfide) groups is 1. The van der Waals surface area contributed by atoms with E-state index >= 15 is 0 Å². The lowest BCUT2D eigenvalue weighted by atomic mass is 10.2. The minimum atomic E-state index is -0.211. The second-order valence-electron chi connectivity index (χ2n) is 7.98. The van der Waals surface area contributed by atoms with Crippen LogP contribution in [0.15, 0.2) is 29.4 Å². The first-order chi connectivity index (χ1) is 14.4. The third-order valence-electron chi connectivity index (χ3n) is 5.79. The van der Waals surface area contributed by atoms with Crippen molar-refractivity contribution in [3.63, 3.8) is 0 Å². The average molecular weight is 429 g/mol. The zero-order valence-corrected chi connectivity index (χ0v) is 18.5. The normalized spacial score (nSPS) is 21.3. The number of amides is 2. The Morgan fingerprint density at radius 1 is 1.33 bits per heavy atom. The Labute approximate surface area is 181 Å². The summed E-state index contributed by atoms with van der Waals surface area (Å²) >= 11 is 1.45. The number of anilines is 2. The van der Waals surface area contributed by atoms with Crippen LogP contribution in [0.4, 0.5) is 11.4 Å². The number of carbonyl (C=O) groups is 2. The second-order valence-corrected chi connectivity index (χ2v) is 8.92. The van der Waals surface area contributed by atoms with Crippen LogP contribution in [0.2, 0.25) is 0 Å². The molecule has 2 amide bonds. The van der Waals surface area contributed by atoms with E-state index in [0.29, 0.717) is 5.69 Å². The van der Waals surface area contributed by atoms with Crippen molar-refractivity contribution in [1.82, 2.24) is 9.55 Å². The predicted octanol–water partition coefficient (Wildman–Crippen LogP) is 3.53. The lowest BCUT2D eigenvalue weighted by Gasteiger charge is -2.27. The summed E-state index contributed by atoms with van der Waals surface area (Å²) < 4.78 is 7.98. The highest BCUT2D eigenvalue weighted by Crippen LogP contribution is 2.32. The molecule has 0 unspecified atom stereocenters. The molecule has 1 aromatic heterocycles. The summed E-state index contributed by atoms with van der Waals surface area (Å²) in [5.74, 6) is 0.156. The van der Waals surface area contributed by atoms with Crippen molar-refractivity contribution < 1.29 is 14.3 Å². The lowest BCUT2D eigenvalue weighted by molar-refractivity contribution is -0.117. The molecule has 0 bridgehead atoms. The molecule has 160 valence electrons. The predicted molar refractivity (Wildman–Crippen MR) is 118 cm³/mol. The van der Waals surface area contributed by atoms with E-state index in [1.54, 1.807) is 4.90 Å². The van der Waals surface area contributed by atoms with E-state index in [-0.39, 0.29) is 36.1 Å². The van der Waals surface area contributed by atoms with Gasteiger partial charge in [-0.15, -0.1) is 0 Å². The fourth-order valence-corrected chi connectivity index (χ4v) is 5.06. The summed E-state index contributed by atoms with van der Waals surface area (Å²) in [5, 5.41) is 3.75. The minimum Gasteiger partial charge on any atom is -0.376 e. The number of aromatic nitrogens is 2. The molecule has 8 heteroatoms. The molecule has 1 N–H and O–H groups in total. The molecule has 2 aliphatic heterocycles. The van der Waals surface area contributed by atoms with Crippen molar-refractivity contribution >= 4 is 35.0 Å². The zero-order chi connectivity index (χ0) is 21.3. The van der Waals surface area contributed by atoms with Crippen LogP contribution in [0, 0.1) is 13.8 Å². The van der Waals surface area contributed by atoms with Crippen LogP contribution in [0.3, 0.4) is 0 Å². The van der Waals surface area contributed by atoms with Crippen molar-refractivity contribution in [1.29, 1.82) is 0 Å². The summed E-state index contributed by atoms with van der Waals surface area (Å²) in [4.78, 5) is 31.9. The van der Waals surface area contributed by atoms with Crippen molar-refractivity contribution in [3.8, 4) is 0 Å². The number of rotatable bonds is 5. The van der Waals surface area contributed by atoms with Crippen molar-refractivity contribution in [3.05, 3.63) is 35.7 Å². The number of aryl methyl sites for hydroxylation is 1. The largest absolute Gasteiger partial charge is 0.376 e. The van der Waals surface area contributed by atoms with Gasteiger partial charge in [-0.05, 0) is 45.7 Å². The number of hydrogen-bond donors (Lipinski definition) is 1. The molecule has 4 rings (SSSR count). The van der Waals surface area contributed by atoms with Gasteiger partial charge in [0.05, 0.1) is 35.5 Å². The summed E-state index contributed by atoms with van der Waals surface area (Å²) in [6.07, 6.45) is 2.64. The molecule has 1 fully saturated rings.